The van der Waals surface area contributed by atoms with E-state index in [2.05, 4.69) is 4.98 Å². The third-order valence-corrected chi connectivity index (χ3v) is 5.84. The highest BCUT2D eigenvalue weighted by atomic mass is 35.5. The Hall–Kier alpha value is -3.16. The number of imidazole rings is 1. The van der Waals surface area contributed by atoms with Crippen molar-refractivity contribution in [2.45, 2.75) is 32.0 Å². The lowest BCUT2D eigenvalue weighted by atomic mass is 10.2. The van der Waals surface area contributed by atoms with Gasteiger partial charge >= 0.3 is 5.69 Å². The van der Waals surface area contributed by atoms with Crippen LogP contribution >= 0.6 is 11.6 Å². The van der Waals surface area contributed by atoms with Gasteiger partial charge in [0.1, 0.15) is 0 Å². The first-order valence-corrected chi connectivity index (χ1v) is 10.6. The van der Waals surface area contributed by atoms with Crippen LogP contribution in [0.3, 0.4) is 0 Å². The van der Waals surface area contributed by atoms with E-state index in [-0.39, 0.29) is 18.2 Å². The highest BCUT2D eigenvalue weighted by Crippen LogP contribution is 2.18. The van der Waals surface area contributed by atoms with E-state index in [0.29, 0.717) is 35.0 Å². The summed E-state index contributed by atoms with van der Waals surface area (Å²) in [6, 6.07) is 16.8. The molecule has 4 aromatic rings. The number of benzene rings is 2. The summed E-state index contributed by atoms with van der Waals surface area (Å²) in [6.07, 6.45) is 3.22. The van der Waals surface area contributed by atoms with Crippen LogP contribution in [-0.2, 0) is 17.8 Å². The fourth-order valence-corrected chi connectivity index (χ4v) is 4.18. The average molecular weight is 437 g/mol. The van der Waals surface area contributed by atoms with Crippen molar-refractivity contribution in [2.24, 2.45) is 0 Å². The lowest BCUT2D eigenvalue weighted by Crippen LogP contribution is -2.42. The number of ether oxygens (including phenoxy) is 1. The maximum atomic E-state index is 13.5. The monoisotopic (exact) mass is 436 g/mol. The summed E-state index contributed by atoms with van der Waals surface area (Å²) in [5.41, 5.74) is 1.57. The van der Waals surface area contributed by atoms with E-state index < -0.39 is 5.69 Å². The Kier molecular flexibility index (Phi) is 5.21. The van der Waals surface area contributed by atoms with Gasteiger partial charge in [-0.15, -0.1) is 0 Å². The summed E-state index contributed by atoms with van der Waals surface area (Å²) in [5, 5.41) is 0.565. The number of rotatable bonds is 5. The van der Waals surface area contributed by atoms with Gasteiger partial charge in [0.2, 0.25) is 0 Å². The first kappa shape index (κ1) is 19.8. The van der Waals surface area contributed by atoms with Gasteiger partial charge in [-0.2, -0.15) is 0 Å². The van der Waals surface area contributed by atoms with Crippen molar-refractivity contribution < 1.29 is 4.74 Å². The molecule has 1 fully saturated rings. The van der Waals surface area contributed by atoms with Gasteiger partial charge in [-0.3, -0.25) is 9.36 Å². The van der Waals surface area contributed by atoms with E-state index in [1.165, 1.54) is 9.13 Å². The molecule has 158 valence electrons. The quantitative estimate of drug-likeness (QED) is 0.481. The molecular formula is C23H21ClN4O3. The first-order valence-electron chi connectivity index (χ1n) is 10.2. The Morgan fingerprint density at radius 3 is 2.55 bits per heavy atom. The Balaban J connectivity index is 1.73. The minimum absolute atomic E-state index is 0.146. The Labute approximate surface area is 183 Å². The van der Waals surface area contributed by atoms with E-state index in [1.807, 2.05) is 30.3 Å². The molecule has 1 saturated heterocycles. The molecule has 1 aliphatic heterocycles. The van der Waals surface area contributed by atoms with Crippen molar-refractivity contribution in [1.82, 2.24) is 18.7 Å². The summed E-state index contributed by atoms with van der Waals surface area (Å²) in [5.74, 6) is 0. The fourth-order valence-electron chi connectivity index (χ4n) is 4.06. The second-order valence-electron chi connectivity index (χ2n) is 7.68. The van der Waals surface area contributed by atoms with Crippen molar-refractivity contribution in [3.05, 3.63) is 92.3 Å². The van der Waals surface area contributed by atoms with E-state index in [9.17, 15) is 9.59 Å². The molecule has 0 saturated carbocycles. The highest BCUT2D eigenvalue weighted by molar-refractivity contribution is 6.30. The van der Waals surface area contributed by atoms with Gasteiger partial charge in [0.05, 0.1) is 24.7 Å². The summed E-state index contributed by atoms with van der Waals surface area (Å²) in [7, 11) is 0. The van der Waals surface area contributed by atoms with Crippen molar-refractivity contribution >= 4 is 22.8 Å². The maximum absolute atomic E-state index is 13.5. The van der Waals surface area contributed by atoms with E-state index >= 15 is 0 Å². The van der Waals surface area contributed by atoms with Crippen LogP contribution in [0, 0.1) is 0 Å². The molecule has 8 heteroatoms. The minimum atomic E-state index is -0.430. The Bertz CT molecular complexity index is 1330. The Morgan fingerprint density at radius 2 is 1.84 bits per heavy atom. The van der Waals surface area contributed by atoms with Crippen LogP contribution in [0.25, 0.3) is 16.9 Å². The van der Waals surface area contributed by atoms with Crippen LogP contribution in [-0.4, -0.2) is 31.4 Å². The molecule has 0 radical (unpaired) electrons. The summed E-state index contributed by atoms with van der Waals surface area (Å²) in [6.45, 7) is 1.35. The van der Waals surface area contributed by atoms with Gasteiger partial charge in [-0.05, 0) is 42.7 Å². The molecule has 2 aromatic heterocycles. The minimum Gasteiger partial charge on any atom is -0.376 e. The first-order chi connectivity index (χ1) is 15.1. The van der Waals surface area contributed by atoms with Gasteiger partial charge in [0.25, 0.3) is 5.56 Å². The molecule has 0 amide bonds. The third-order valence-electron chi connectivity index (χ3n) is 5.59. The zero-order valence-electron chi connectivity index (χ0n) is 16.8. The van der Waals surface area contributed by atoms with Gasteiger partial charge < -0.3 is 9.30 Å². The zero-order chi connectivity index (χ0) is 21.4. The molecule has 31 heavy (non-hydrogen) atoms. The van der Waals surface area contributed by atoms with Crippen LogP contribution in [0.5, 0.6) is 0 Å². The second kappa shape index (κ2) is 8.17. The molecule has 1 aliphatic rings. The molecule has 0 bridgehead atoms. The van der Waals surface area contributed by atoms with Crippen LogP contribution in [0.4, 0.5) is 0 Å². The molecular weight excluding hydrogens is 416 g/mol. The summed E-state index contributed by atoms with van der Waals surface area (Å²) in [4.78, 5) is 31.3. The van der Waals surface area contributed by atoms with Crippen LogP contribution in [0.1, 0.15) is 18.4 Å². The van der Waals surface area contributed by atoms with Crippen molar-refractivity contribution in [1.29, 1.82) is 0 Å². The van der Waals surface area contributed by atoms with Crippen LogP contribution in [0.15, 0.2) is 70.5 Å². The molecule has 1 atom stereocenters. The predicted molar refractivity (Wildman–Crippen MR) is 119 cm³/mol. The fraction of sp³-hybridized carbons (Fsp3) is 0.261. The van der Waals surface area contributed by atoms with Crippen molar-refractivity contribution in [3.8, 4) is 5.69 Å². The largest absolute Gasteiger partial charge is 0.376 e. The van der Waals surface area contributed by atoms with Crippen LogP contribution in [0.2, 0.25) is 5.02 Å². The smallest absolute Gasteiger partial charge is 0.337 e. The maximum Gasteiger partial charge on any atom is 0.337 e. The number of fused-ring (bicyclic) bond motifs is 1. The topological polar surface area (TPSA) is 71.0 Å². The SMILES string of the molecule is O=c1c2c(ncn2Cc2ccccc2)n(-c2ccc(Cl)cc2)c(=O)n1C[C@@H]1CCCO1. The molecule has 0 unspecified atom stereocenters. The lowest BCUT2D eigenvalue weighted by molar-refractivity contribution is 0.0950. The molecule has 7 nitrogen and oxygen atoms in total. The van der Waals surface area contributed by atoms with Crippen molar-refractivity contribution in [2.75, 3.05) is 6.61 Å². The predicted octanol–water partition coefficient (Wildman–Crippen LogP) is 3.23. The molecule has 2 aromatic carbocycles. The van der Waals surface area contributed by atoms with Gasteiger partial charge in [0, 0.05) is 18.2 Å². The summed E-state index contributed by atoms with van der Waals surface area (Å²) < 4.78 is 10.2. The number of hydrogen-bond acceptors (Lipinski definition) is 4. The van der Waals surface area contributed by atoms with E-state index in [4.69, 9.17) is 16.3 Å². The average Bonchev–Trinajstić information content (AvgIpc) is 3.44. The summed E-state index contributed by atoms with van der Waals surface area (Å²) >= 11 is 6.04. The highest BCUT2D eigenvalue weighted by Gasteiger charge is 2.23. The molecule has 0 spiro atoms. The number of halogens is 1. The standard InChI is InChI=1S/C23H21ClN4O3/c24-17-8-10-18(11-9-17)28-21-20(26(15-25-21)13-16-5-2-1-3-6-16)22(29)27(23(28)30)14-19-7-4-12-31-19/h1-3,5-6,8-11,15,19H,4,7,12-14H2/t19-/m0/s1. The molecule has 0 N–H and O–H groups in total. The lowest BCUT2D eigenvalue weighted by Gasteiger charge is -2.15. The van der Waals surface area contributed by atoms with Gasteiger partial charge in [-0.25, -0.2) is 14.3 Å². The third kappa shape index (κ3) is 3.71. The number of aromatic nitrogens is 4. The molecule has 3 heterocycles. The zero-order valence-corrected chi connectivity index (χ0v) is 17.5. The number of hydrogen-bond donors (Lipinski definition) is 0. The van der Waals surface area contributed by atoms with Gasteiger partial charge in [-0.1, -0.05) is 41.9 Å². The van der Waals surface area contributed by atoms with E-state index in [1.54, 1.807) is 35.2 Å². The number of nitrogens with zero attached hydrogens (tertiary/aromatic N) is 4. The molecule has 0 aliphatic carbocycles. The van der Waals surface area contributed by atoms with Crippen LogP contribution < -0.4 is 11.2 Å². The van der Waals surface area contributed by atoms with Gasteiger partial charge in [0.15, 0.2) is 11.2 Å². The van der Waals surface area contributed by atoms with E-state index in [0.717, 1.165) is 18.4 Å². The van der Waals surface area contributed by atoms with Crippen molar-refractivity contribution in [3.63, 3.8) is 0 Å². The molecule has 5 rings (SSSR count). The Morgan fingerprint density at radius 1 is 1.06 bits per heavy atom. The normalized spacial score (nSPS) is 16.2. The second-order valence-corrected chi connectivity index (χ2v) is 8.11.